The molecule has 0 bridgehead atoms. The second-order valence-corrected chi connectivity index (χ2v) is 10.1. The Balaban J connectivity index is 1.51. The van der Waals surface area contributed by atoms with Crippen LogP contribution in [0.2, 0.25) is 0 Å². The number of sulfonamides is 1. The number of carboxylic acid groups (broad SMARTS) is 1. The molecule has 0 spiro atoms. The van der Waals surface area contributed by atoms with Gasteiger partial charge in [-0.1, -0.05) is 19.0 Å². The number of nitrogens with one attached hydrogen (secondary N) is 1. The number of rotatable bonds is 7. The highest BCUT2D eigenvalue weighted by molar-refractivity contribution is 7.89. The number of hydrogen-bond acceptors (Lipinski definition) is 7. The van der Waals surface area contributed by atoms with Crippen LogP contribution >= 0.6 is 0 Å². The lowest BCUT2D eigenvalue weighted by Crippen LogP contribution is -2.44. The molecule has 2 aromatic heterocycles. The average Bonchev–Trinajstić information content (AvgIpc) is 3.36. The first-order valence-corrected chi connectivity index (χ1v) is 11.8. The summed E-state index contributed by atoms with van der Waals surface area (Å²) in [4.78, 5) is 15.8. The lowest BCUT2D eigenvalue weighted by molar-refractivity contribution is -0.140. The van der Waals surface area contributed by atoms with Crippen molar-refractivity contribution in [2.45, 2.75) is 43.5 Å². The summed E-state index contributed by atoms with van der Waals surface area (Å²) in [5.74, 6) is -0.130. The molecule has 0 aliphatic heterocycles. The first kappa shape index (κ1) is 20.7. The fourth-order valence-corrected chi connectivity index (χ4v) is 4.97. The predicted molar refractivity (Wildman–Crippen MR) is 116 cm³/mol. The zero-order valence-electron chi connectivity index (χ0n) is 17.4. The number of benzene rings is 2. The number of fused-ring (bicyclic) bond motifs is 3. The molecule has 9 nitrogen and oxygen atoms in total. The van der Waals surface area contributed by atoms with E-state index in [1.54, 1.807) is 26.0 Å². The minimum atomic E-state index is -4.05. The molecule has 1 aliphatic rings. The second-order valence-electron chi connectivity index (χ2n) is 8.38. The molecule has 1 fully saturated rings. The van der Waals surface area contributed by atoms with E-state index in [9.17, 15) is 18.3 Å². The number of furan rings is 1. The maximum Gasteiger partial charge on any atom is 0.322 e. The SMILES string of the molecule is CC(C)[C@H](NS(=O)(=O)c1ccc2c(c1)oc1ccc(-c3noc(C4CC4)n3)cc12)C(=O)O. The van der Waals surface area contributed by atoms with Crippen LogP contribution in [-0.4, -0.2) is 35.7 Å². The molecule has 0 saturated heterocycles. The largest absolute Gasteiger partial charge is 0.480 e. The molecule has 0 amide bonds. The van der Waals surface area contributed by atoms with Gasteiger partial charge in [0.2, 0.25) is 21.7 Å². The molecule has 0 unspecified atom stereocenters. The Labute approximate surface area is 183 Å². The molecule has 10 heteroatoms. The summed E-state index contributed by atoms with van der Waals surface area (Å²) in [7, 11) is -4.05. The van der Waals surface area contributed by atoms with E-state index in [2.05, 4.69) is 14.9 Å². The number of carbonyl (C=O) groups is 1. The Morgan fingerprint density at radius 1 is 1.12 bits per heavy atom. The van der Waals surface area contributed by atoms with Crippen molar-refractivity contribution in [3.63, 3.8) is 0 Å². The summed E-state index contributed by atoms with van der Waals surface area (Å²) in [5, 5.41) is 14.9. The Morgan fingerprint density at radius 2 is 1.91 bits per heavy atom. The summed E-state index contributed by atoms with van der Waals surface area (Å²) in [5.41, 5.74) is 1.74. The summed E-state index contributed by atoms with van der Waals surface area (Å²) in [6.07, 6.45) is 2.13. The van der Waals surface area contributed by atoms with Crippen molar-refractivity contribution < 1.29 is 27.3 Å². The van der Waals surface area contributed by atoms with E-state index in [4.69, 9.17) is 8.94 Å². The van der Waals surface area contributed by atoms with Crippen LogP contribution < -0.4 is 4.72 Å². The second kappa shape index (κ2) is 7.42. The number of aliphatic carboxylic acids is 1. The standard InChI is InChI=1S/C22H21N3O6S/c1-11(2)19(22(26)27)25-32(28,29)14-6-7-15-16-9-13(5-8-17(16)30-18(15)10-14)20-23-21(31-24-20)12-3-4-12/h5-12,19,25H,3-4H2,1-2H3,(H,26,27)/t19-/m0/s1. The first-order chi connectivity index (χ1) is 15.2. The van der Waals surface area contributed by atoms with Gasteiger partial charge in [-0.3, -0.25) is 4.79 Å². The van der Waals surface area contributed by atoms with Crippen molar-refractivity contribution in [3.05, 3.63) is 42.3 Å². The van der Waals surface area contributed by atoms with Crippen LogP contribution in [-0.2, 0) is 14.8 Å². The summed E-state index contributed by atoms with van der Waals surface area (Å²) < 4.78 is 39.0. The minimum absolute atomic E-state index is 0.0663. The van der Waals surface area contributed by atoms with Crippen molar-refractivity contribution in [2.75, 3.05) is 0 Å². The van der Waals surface area contributed by atoms with E-state index in [0.717, 1.165) is 29.2 Å². The van der Waals surface area contributed by atoms with Gasteiger partial charge in [-0.05, 0) is 49.1 Å². The normalized spacial score (nSPS) is 15.6. The van der Waals surface area contributed by atoms with Crippen molar-refractivity contribution >= 4 is 37.9 Å². The van der Waals surface area contributed by atoms with Gasteiger partial charge >= 0.3 is 5.97 Å². The minimum Gasteiger partial charge on any atom is -0.480 e. The van der Waals surface area contributed by atoms with Crippen LogP contribution in [0.1, 0.15) is 38.5 Å². The molecule has 4 aromatic rings. The number of hydrogen-bond donors (Lipinski definition) is 2. The Morgan fingerprint density at radius 3 is 2.59 bits per heavy atom. The van der Waals surface area contributed by atoms with Gasteiger partial charge in [-0.2, -0.15) is 9.71 Å². The maximum absolute atomic E-state index is 12.8. The average molecular weight is 455 g/mol. The zero-order valence-corrected chi connectivity index (χ0v) is 18.2. The smallest absolute Gasteiger partial charge is 0.322 e. The fourth-order valence-electron chi connectivity index (χ4n) is 3.62. The molecular weight excluding hydrogens is 434 g/mol. The van der Waals surface area contributed by atoms with Crippen molar-refractivity contribution in [2.24, 2.45) is 5.92 Å². The van der Waals surface area contributed by atoms with Crippen LogP contribution in [0.15, 0.2) is 50.2 Å². The molecular formula is C22H21N3O6S. The van der Waals surface area contributed by atoms with Gasteiger partial charge in [0.15, 0.2) is 0 Å². The van der Waals surface area contributed by atoms with Crippen LogP contribution in [0.4, 0.5) is 0 Å². The van der Waals surface area contributed by atoms with Crippen LogP contribution in [0.3, 0.4) is 0 Å². The third-order valence-corrected chi connectivity index (χ3v) is 7.03. The van der Waals surface area contributed by atoms with Crippen molar-refractivity contribution in [1.29, 1.82) is 0 Å². The highest BCUT2D eigenvalue weighted by Gasteiger charge is 2.30. The van der Waals surface area contributed by atoms with E-state index in [1.807, 2.05) is 12.1 Å². The molecule has 5 rings (SSSR count). The van der Waals surface area contributed by atoms with Gasteiger partial charge in [0.05, 0.1) is 4.90 Å². The number of carboxylic acids is 1. The van der Waals surface area contributed by atoms with Gasteiger partial charge in [0, 0.05) is 28.3 Å². The Bertz CT molecular complexity index is 1450. The van der Waals surface area contributed by atoms with Gasteiger partial charge in [-0.25, -0.2) is 8.42 Å². The molecule has 1 aliphatic carbocycles. The summed E-state index contributed by atoms with van der Waals surface area (Å²) in [6.45, 7) is 3.28. The van der Waals surface area contributed by atoms with E-state index >= 15 is 0 Å². The van der Waals surface area contributed by atoms with Gasteiger partial charge in [0.1, 0.15) is 17.2 Å². The third kappa shape index (κ3) is 3.65. The quantitative estimate of drug-likeness (QED) is 0.428. The highest BCUT2D eigenvalue weighted by atomic mass is 32.2. The third-order valence-electron chi connectivity index (χ3n) is 5.59. The molecule has 2 N–H and O–H groups in total. The highest BCUT2D eigenvalue weighted by Crippen LogP contribution is 2.40. The first-order valence-electron chi connectivity index (χ1n) is 10.3. The van der Waals surface area contributed by atoms with E-state index in [1.165, 1.54) is 12.1 Å². The number of nitrogens with zero attached hydrogens (tertiary/aromatic N) is 2. The van der Waals surface area contributed by atoms with Crippen LogP contribution in [0.25, 0.3) is 33.3 Å². The van der Waals surface area contributed by atoms with Gasteiger partial charge in [-0.15, -0.1) is 0 Å². The Kier molecular flexibility index (Phi) is 4.79. The molecule has 2 heterocycles. The molecule has 166 valence electrons. The van der Waals surface area contributed by atoms with Crippen LogP contribution in [0.5, 0.6) is 0 Å². The molecule has 0 radical (unpaired) electrons. The maximum atomic E-state index is 12.8. The topological polar surface area (TPSA) is 136 Å². The van der Waals surface area contributed by atoms with Gasteiger partial charge in [0.25, 0.3) is 0 Å². The Hall–Kier alpha value is -3.24. The van der Waals surface area contributed by atoms with Crippen molar-refractivity contribution in [3.8, 4) is 11.4 Å². The zero-order chi connectivity index (χ0) is 22.6. The monoisotopic (exact) mass is 455 g/mol. The molecule has 1 saturated carbocycles. The summed E-state index contributed by atoms with van der Waals surface area (Å²) in [6, 6.07) is 8.74. The molecule has 1 atom stereocenters. The van der Waals surface area contributed by atoms with Crippen molar-refractivity contribution in [1.82, 2.24) is 14.9 Å². The predicted octanol–water partition coefficient (Wildman–Crippen LogP) is 3.90. The fraction of sp³-hybridized carbons (Fsp3) is 0.318. The molecule has 2 aromatic carbocycles. The van der Waals surface area contributed by atoms with E-state index in [-0.39, 0.29) is 4.90 Å². The van der Waals surface area contributed by atoms with E-state index in [0.29, 0.717) is 28.8 Å². The molecule has 32 heavy (non-hydrogen) atoms. The van der Waals surface area contributed by atoms with Crippen LogP contribution in [0, 0.1) is 5.92 Å². The van der Waals surface area contributed by atoms with E-state index < -0.39 is 28.0 Å². The lowest BCUT2D eigenvalue weighted by Gasteiger charge is -2.17. The number of aromatic nitrogens is 2. The summed E-state index contributed by atoms with van der Waals surface area (Å²) >= 11 is 0. The van der Waals surface area contributed by atoms with Gasteiger partial charge < -0.3 is 14.0 Å². The lowest BCUT2D eigenvalue weighted by atomic mass is 10.1.